The van der Waals surface area contributed by atoms with Gasteiger partial charge >= 0.3 is 0 Å². The molecule has 0 aliphatic heterocycles. The topological polar surface area (TPSA) is 0 Å². The van der Waals surface area contributed by atoms with Crippen LogP contribution in [-0.4, -0.2) is 0 Å². The molecule has 0 saturated heterocycles. The van der Waals surface area contributed by atoms with Gasteiger partial charge in [0.2, 0.25) is 0 Å². The van der Waals surface area contributed by atoms with E-state index in [1.165, 1.54) is 77.0 Å². The third-order valence-electron chi connectivity index (χ3n) is 5.47. The molecule has 0 atom stereocenters. The molecule has 0 aromatic rings. The summed E-state index contributed by atoms with van der Waals surface area (Å²) in [6.45, 7) is 0. The van der Waals surface area contributed by atoms with Crippen molar-refractivity contribution < 1.29 is 1.43 Å². The first-order valence-electron chi connectivity index (χ1n) is 8.97. The highest BCUT2D eigenvalue weighted by Crippen LogP contribution is 2.35. The highest BCUT2D eigenvalue weighted by atomic mass is 14.3. The van der Waals surface area contributed by atoms with Crippen molar-refractivity contribution in [1.29, 1.82) is 0 Å². The Kier molecular flexibility index (Phi) is 7.20. The van der Waals surface area contributed by atoms with Gasteiger partial charge in [0.05, 0.1) is 0 Å². The maximum absolute atomic E-state index is 1.56. The van der Waals surface area contributed by atoms with Crippen LogP contribution in [0.5, 0.6) is 0 Å². The van der Waals surface area contributed by atoms with E-state index in [2.05, 4.69) is 0 Å². The Labute approximate surface area is 116 Å². The van der Waals surface area contributed by atoms with E-state index >= 15 is 0 Å². The zero-order valence-electron chi connectivity index (χ0n) is 12.5. The first kappa shape index (κ1) is 14.4. The van der Waals surface area contributed by atoms with E-state index in [1.807, 2.05) is 0 Å². The first-order valence-corrected chi connectivity index (χ1v) is 8.97. The Hall–Kier alpha value is 0. The fourth-order valence-corrected chi connectivity index (χ4v) is 4.27. The van der Waals surface area contributed by atoms with Crippen molar-refractivity contribution in [1.82, 2.24) is 0 Å². The van der Waals surface area contributed by atoms with Gasteiger partial charge in [-0.2, -0.15) is 0 Å². The zero-order valence-corrected chi connectivity index (χ0v) is 12.5. The number of rotatable bonds is 1. The molecule has 0 aromatic heterocycles. The largest absolute Gasteiger partial charge is 0.0533 e. The highest BCUT2D eigenvalue weighted by Gasteiger charge is 2.21. The first-order chi connectivity index (χ1) is 8.97. The minimum absolute atomic E-state index is 0. The van der Waals surface area contributed by atoms with Gasteiger partial charge in [0.15, 0.2) is 0 Å². The van der Waals surface area contributed by atoms with E-state index in [4.69, 9.17) is 0 Å². The molecule has 0 nitrogen and oxygen atoms in total. The summed E-state index contributed by atoms with van der Waals surface area (Å²) in [5.41, 5.74) is 0. The fraction of sp³-hybridized carbons (Fsp3) is 1.00. The van der Waals surface area contributed by atoms with Crippen molar-refractivity contribution in [2.45, 2.75) is 103 Å². The average Bonchev–Trinajstić information content (AvgIpc) is 2.61. The summed E-state index contributed by atoms with van der Waals surface area (Å²) in [7, 11) is 0. The van der Waals surface area contributed by atoms with Crippen LogP contribution in [0.25, 0.3) is 0 Å². The molecular weight excluding hydrogens is 216 g/mol. The minimum atomic E-state index is 0. The van der Waals surface area contributed by atoms with Crippen LogP contribution in [0.3, 0.4) is 0 Å². The molecular formula is C18H36. The van der Waals surface area contributed by atoms with E-state index in [0.717, 1.165) is 11.8 Å². The summed E-state index contributed by atoms with van der Waals surface area (Å²) in [5, 5.41) is 0. The summed E-state index contributed by atoms with van der Waals surface area (Å²) in [4.78, 5) is 0. The molecule has 2 fully saturated rings. The van der Waals surface area contributed by atoms with Crippen LogP contribution in [0.1, 0.15) is 104 Å². The maximum Gasteiger partial charge on any atom is 0 e. The molecule has 0 radical (unpaired) electrons. The lowest BCUT2D eigenvalue weighted by atomic mass is 9.79. The maximum atomic E-state index is 1.56. The van der Waals surface area contributed by atoms with E-state index in [1.54, 1.807) is 25.7 Å². The SMILES string of the molecule is C1CCCCC(C2CCCCCCCC2)CCC1.[HH]. The van der Waals surface area contributed by atoms with Gasteiger partial charge in [0.1, 0.15) is 0 Å². The Bertz CT molecular complexity index is 160. The summed E-state index contributed by atoms with van der Waals surface area (Å²) >= 11 is 0. The standard InChI is InChI=1S/C18H34.H2/c1-2-6-10-14-17(13-9-5-1)18-15-11-7-3-4-8-12-16-18;/h17-18H,1-16H2;1H. The van der Waals surface area contributed by atoms with Crippen molar-refractivity contribution in [2.24, 2.45) is 11.8 Å². The van der Waals surface area contributed by atoms with Gasteiger partial charge in [-0.1, -0.05) is 103 Å². The second kappa shape index (κ2) is 8.99. The molecule has 0 unspecified atom stereocenters. The molecule has 0 heterocycles. The normalized spacial score (nSPS) is 27.3. The molecule has 0 bridgehead atoms. The molecule has 0 aromatic carbocycles. The second-order valence-electron chi connectivity index (χ2n) is 6.92. The molecule has 2 aliphatic rings. The van der Waals surface area contributed by atoms with Gasteiger partial charge in [-0.15, -0.1) is 0 Å². The van der Waals surface area contributed by atoms with Gasteiger partial charge in [-0.25, -0.2) is 0 Å². The van der Waals surface area contributed by atoms with E-state index in [-0.39, 0.29) is 1.43 Å². The van der Waals surface area contributed by atoms with Crippen LogP contribution in [0.2, 0.25) is 0 Å². The lowest BCUT2D eigenvalue weighted by Crippen LogP contribution is -2.15. The predicted molar refractivity (Wildman–Crippen MR) is 83.0 cm³/mol. The van der Waals surface area contributed by atoms with Crippen molar-refractivity contribution in [3.05, 3.63) is 0 Å². The van der Waals surface area contributed by atoms with Crippen LogP contribution in [-0.2, 0) is 0 Å². The van der Waals surface area contributed by atoms with Gasteiger partial charge in [-0.05, 0) is 11.8 Å². The molecule has 0 heteroatoms. The summed E-state index contributed by atoms with van der Waals surface area (Å²) < 4.78 is 0. The van der Waals surface area contributed by atoms with Crippen molar-refractivity contribution in [3.8, 4) is 0 Å². The van der Waals surface area contributed by atoms with Crippen molar-refractivity contribution in [3.63, 3.8) is 0 Å². The fourth-order valence-electron chi connectivity index (χ4n) is 4.27. The van der Waals surface area contributed by atoms with Crippen LogP contribution >= 0.6 is 0 Å². The minimum Gasteiger partial charge on any atom is -0.0533 e. The van der Waals surface area contributed by atoms with Crippen LogP contribution in [0.15, 0.2) is 0 Å². The van der Waals surface area contributed by atoms with E-state index in [0.29, 0.717) is 0 Å². The molecule has 18 heavy (non-hydrogen) atoms. The molecule has 0 amide bonds. The lowest BCUT2D eigenvalue weighted by molar-refractivity contribution is 0.247. The molecule has 2 saturated carbocycles. The molecule has 2 rings (SSSR count). The van der Waals surface area contributed by atoms with Crippen LogP contribution < -0.4 is 0 Å². The van der Waals surface area contributed by atoms with Gasteiger partial charge in [0, 0.05) is 1.43 Å². The molecule has 108 valence electrons. The average molecular weight is 252 g/mol. The van der Waals surface area contributed by atoms with Gasteiger partial charge in [-0.3, -0.25) is 0 Å². The van der Waals surface area contributed by atoms with Gasteiger partial charge < -0.3 is 0 Å². The van der Waals surface area contributed by atoms with Gasteiger partial charge in [0.25, 0.3) is 0 Å². The Morgan fingerprint density at radius 3 is 0.833 bits per heavy atom. The second-order valence-corrected chi connectivity index (χ2v) is 6.92. The third-order valence-corrected chi connectivity index (χ3v) is 5.47. The van der Waals surface area contributed by atoms with Crippen molar-refractivity contribution in [2.75, 3.05) is 0 Å². The van der Waals surface area contributed by atoms with Crippen LogP contribution in [0.4, 0.5) is 0 Å². The monoisotopic (exact) mass is 252 g/mol. The highest BCUT2D eigenvalue weighted by molar-refractivity contribution is 4.73. The Morgan fingerprint density at radius 2 is 0.556 bits per heavy atom. The molecule has 0 spiro atoms. The molecule has 0 N–H and O–H groups in total. The summed E-state index contributed by atoms with van der Waals surface area (Å²) in [6.07, 6.45) is 24.5. The molecule has 2 aliphatic carbocycles. The lowest BCUT2D eigenvalue weighted by Gasteiger charge is -2.27. The Balaban J connectivity index is 0.00000180. The quantitative estimate of drug-likeness (QED) is 0.485. The number of hydrogen-bond donors (Lipinski definition) is 0. The summed E-state index contributed by atoms with van der Waals surface area (Å²) in [5.74, 6) is 2.20. The predicted octanol–water partition coefficient (Wildman–Crippen LogP) is 6.73. The Morgan fingerprint density at radius 1 is 0.333 bits per heavy atom. The number of hydrogen-bond acceptors (Lipinski definition) is 0. The van der Waals surface area contributed by atoms with Crippen LogP contribution in [0, 0.1) is 11.8 Å². The smallest absolute Gasteiger partial charge is 0 e. The summed E-state index contributed by atoms with van der Waals surface area (Å²) in [6, 6.07) is 0. The van der Waals surface area contributed by atoms with E-state index < -0.39 is 0 Å². The zero-order chi connectivity index (χ0) is 12.5. The third kappa shape index (κ3) is 5.33. The van der Waals surface area contributed by atoms with Crippen molar-refractivity contribution >= 4 is 0 Å². The van der Waals surface area contributed by atoms with E-state index in [9.17, 15) is 0 Å².